The van der Waals surface area contributed by atoms with Gasteiger partial charge in [-0.25, -0.2) is 28.6 Å². The van der Waals surface area contributed by atoms with Gasteiger partial charge in [-0.15, -0.1) is 0 Å². The minimum atomic E-state index is -5.59. The van der Waals surface area contributed by atoms with Crippen LogP contribution in [0.5, 0.6) is 0 Å². The summed E-state index contributed by atoms with van der Waals surface area (Å²) < 4.78 is 62.3. The smallest absolute Gasteiger partial charge is 0.386 e. The number of Topliss-reactive ketones (excluding diaryl/α,β-unsaturated/α-hetero) is 1. The van der Waals surface area contributed by atoms with Crippen LogP contribution < -0.4 is 16.4 Å². The lowest BCUT2D eigenvalue weighted by Crippen LogP contribution is -2.46. The van der Waals surface area contributed by atoms with Gasteiger partial charge in [0.15, 0.2) is 22.8 Å². The third-order valence-electron chi connectivity index (χ3n) is 9.82. The van der Waals surface area contributed by atoms with Crippen molar-refractivity contribution in [2.45, 2.75) is 128 Å². The van der Waals surface area contributed by atoms with Crippen molar-refractivity contribution in [3.63, 3.8) is 0 Å². The Morgan fingerprint density at radius 3 is 2.27 bits per heavy atom. The maximum Gasteiger partial charge on any atom is 0.481 e. The molecule has 3 heterocycles. The molecule has 25 nitrogen and oxygen atoms in total. The second-order valence-electron chi connectivity index (χ2n) is 15.9. The Bertz CT molecular complexity index is 2090. The predicted octanol–water partition coefficient (Wildman–Crippen LogP) is 3.10. The minimum absolute atomic E-state index is 0.0253. The Morgan fingerprint density at radius 1 is 0.939 bits per heavy atom. The number of nitrogens with two attached hydrogens (primary N) is 1. The quantitative estimate of drug-likeness (QED) is 0.0220. The fraction of sp³-hybridized carbons (Fsp3) is 0.703. The van der Waals surface area contributed by atoms with E-state index in [-0.39, 0.29) is 59.6 Å². The molecule has 29 heteroatoms. The number of phosphoric ester groups is 3. The Morgan fingerprint density at radius 2 is 1.61 bits per heavy atom. The molecule has 0 bridgehead atoms. The van der Waals surface area contributed by atoms with E-state index in [1.165, 1.54) is 39.5 Å². The Balaban J connectivity index is 1.34. The molecule has 0 spiro atoms. The molecule has 7 atom stereocenters. The summed E-state index contributed by atoms with van der Waals surface area (Å²) in [4.78, 5) is 100. The summed E-state index contributed by atoms with van der Waals surface area (Å²) in [6.07, 6.45) is 7.17. The predicted molar refractivity (Wildman–Crippen MR) is 238 cm³/mol. The fourth-order valence-corrected chi connectivity index (χ4v) is 9.81. The zero-order valence-corrected chi connectivity index (χ0v) is 40.4. The van der Waals surface area contributed by atoms with Crippen LogP contribution in [0.2, 0.25) is 0 Å². The molecule has 0 aliphatic carbocycles. The zero-order chi connectivity index (χ0) is 49.1. The van der Waals surface area contributed by atoms with Crippen LogP contribution >= 0.6 is 35.2 Å². The highest BCUT2D eigenvalue weighted by Crippen LogP contribution is 2.61. The molecule has 1 aliphatic rings. The van der Waals surface area contributed by atoms with Crippen molar-refractivity contribution >= 4 is 74.9 Å². The number of nitrogens with zero attached hydrogens (tertiary/aromatic N) is 4. The number of nitrogens with one attached hydrogen (secondary N) is 2. The van der Waals surface area contributed by atoms with Crippen molar-refractivity contribution in [2.75, 3.05) is 37.8 Å². The molecule has 2 unspecified atom stereocenters. The number of ether oxygens (including phenoxy) is 1. The molecule has 1 fully saturated rings. The summed E-state index contributed by atoms with van der Waals surface area (Å²) in [6, 6.07) is 0. The Kier molecular flexibility index (Phi) is 23.6. The molecule has 0 saturated carbocycles. The molecule has 1 aliphatic heterocycles. The van der Waals surface area contributed by atoms with E-state index in [1.54, 1.807) is 0 Å². The van der Waals surface area contributed by atoms with E-state index in [2.05, 4.69) is 53.5 Å². The number of aliphatic hydroxyl groups is 2. The van der Waals surface area contributed by atoms with Gasteiger partial charge in [-0.2, -0.15) is 4.31 Å². The molecular weight excluding hydrogens is 955 g/mol. The first-order valence-corrected chi connectivity index (χ1v) is 26.7. The number of carbonyl (C=O) groups excluding carboxylic acids is 4. The summed E-state index contributed by atoms with van der Waals surface area (Å²) in [5.74, 6) is -1.43. The number of imidazole rings is 1. The van der Waals surface area contributed by atoms with Gasteiger partial charge in [-0.1, -0.05) is 70.4 Å². The molecule has 0 radical (unpaired) electrons. The van der Waals surface area contributed by atoms with Gasteiger partial charge >= 0.3 is 23.5 Å². The highest BCUT2D eigenvalue weighted by Gasteiger charge is 2.50. The second-order valence-corrected chi connectivity index (χ2v) is 21.3. The van der Waals surface area contributed by atoms with Crippen LogP contribution in [-0.2, 0) is 55.5 Å². The summed E-state index contributed by atoms with van der Waals surface area (Å²) in [7, 11) is -16.4. The minimum Gasteiger partial charge on any atom is -0.386 e. The first kappa shape index (κ1) is 57.3. The van der Waals surface area contributed by atoms with Crippen molar-refractivity contribution < 1.29 is 85.3 Å². The van der Waals surface area contributed by atoms with Crippen LogP contribution in [0.1, 0.15) is 104 Å². The van der Waals surface area contributed by atoms with Crippen LogP contribution in [0.3, 0.4) is 0 Å². The molecule has 2 aromatic heterocycles. The average Bonchev–Trinajstić information content (AvgIpc) is 3.79. The van der Waals surface area contributed by atoms with E-state index in [4.69, 9.17) is 19.5 Å². The van der Waals surface area contributed by atoms with Crippen molar-refractivity contribution in [1.82, 2.24) is 30.2 Å². The van der Waals surface area contributed by atoms with Gasteiger partial charge in [0.1, 0.15) is 42.0 Å². The van der Waals surface area contributed by atoms with Crippen LogP contribution in [0.15, 0.2) is 24.8 Å². The van der Waals surface area contributed by atoms with Crippen LogP contribution in [0.25, 0.3) is 11.2 Å². The Labute approximate surface area is 385 Å². The third kappa shape index (κ3) is 20.3. The van der Waals surface area contributed by atoms with E-state index < -0.39 is 84.6 Å². The average molecular weight is 1020 g/mol. The molecule has 1 saturated heterocycles. The molecule has 10 N–H and O–H groups in total. The number of aliphatic hydroxyl groups excluding tert-OH is 2. The number of nitrogen functional groups attached to an aromatic ring is 1. The maximum atomic E-state index is 12.7. The van der Waals surface area contributed by atoms with Gasteiger partial charge in [0.2, 0.25) is 11.8 Å². The number of allylic oxidation sites excluding steroid dienone is 2. The number of anilines is 1. The van der Waals surface area contributed by atoms with E-state index in [0.29, 0.717) is 6.42 Å². The number of hydrogen-bond donors (Lipinski definition) is 9. The largest absolute Gasteiger partial charge is 0.481 e. The molecule has 66 heavy (non-hydrogen) atoms. The van der Waals surface area contributed by atoms with Gasteiger partial charge < -0.3 is 50.9 Å². The lowest BCUT2D eigenvalue weighted by molar-refractivity contribution is -0.137. The normalized spacial score (nSPS) is 20.3. The molecule has 0 aromatic carbocycles. The van der Waals surface area contributed by atoms with Gasteiger partial charge in [-0.05, 0) is 32.1 Å². The van der Waals surface area contributed by atoms with E-state index in [9.17, 15) is 62.7 Å². The monoisotopic (exact) mass is 1020 g/mol. The molecule has 3 rings (SSSR count). The van der Waals surface area contributed by atoms with Crippen molar-refractivity contribution in [1.29, 1.82) is 0 Å². The number of aromatic nitrogens is 4. The van der Waals surface area contributed by atoms with Gasteiger partial charge in [0.05, 0.1) is 26.0 Å². The summed E-state index contributed by atoms with van der Waals surface area (Å²) in [5, 5.41) is 26.2. The van der Waals surface area contributed by atoms with Crippen LogP contribution in [0.4, 0.5) is 5.82 Å². The lowest BCUT2D eigenvalue weighted by Gasteiger charge is -2.30. The number of unbranched alkanes of at least 4 members (excludes halogenated alkanes) is 7. The SMILES string of the molecule is CCCCCC/C=C\CCCCCC(=O)CC(=O)SCCNC(=O)CCNC(=O)[C@H](O)C(C)(C)COP(=O)(O)OP(=O)(O)OC[C@H]1O[C@@H](n2cnc3c(N)ncnc32)[C@H](O)[C@@H]1OP(=O)(O)O. The number of carbonyl (C=O) groups is 4. The maximum absolute atomic E-state index is 12.7. The molecule has 2 aromatic rings. The van der Waals surface area contributed by atoms with E-state index in [0.717, 1.165) is 61.1 Å². The number of hydrogen-bond acceptors (Lipinski definition) is 19. The highest BCUT2D eigenvalue weighted by molar-refractivity contribution is 8.13. The van der Waals surface area contributed by atoms with E-state index in [1.807, 2.05) is 0 Å². The van der Waals surface area contributed by atoms with E-state index >= 15 is 0 Å². The molecule has 2 amide bonds. The number of fused-ring (bicyclic) bond motifs is 1. The highest BCUT2D eigenvalue weighted by atomic mass is 32.2. The number of ketones is 1. The number of amides is 2. The lowest BCUT2D eigenvalue weighted by atomic mass is 9.87. The number of rotatable bonds is 32. The van der Waals surface area contributed by atoms with Crippen LogP contribution in [0, 0.1) is 5.41 Å². The number of thioether (sulfide) groups is 1. The Hall–Kier alpha value is -3.03. The molecule has 374 valence electrons. The van der Waals surface area contributed by atoms with Crippen LogP contribution in [-0.4, -0.2) is 128 Å². The van der Waals surface area contributed by atoms with Crippen molar-refractivity contribution in [3.8, 4) is 0 Å². The first-order valence-electron chi connectivity index (χ1n) is 21.2. The number of phosphoric acid groups is 3. The fourth-order valence-electron chi connectivity index (χ4n) is 6.28. The summed E-state index contributed by atoms with van der Waals surface area (Å²) in [5.41, 5.74) is 4.24. The topological polar surface area (TPSA) is 381 Å². The van der Waals surface area contributed by atoms with Gasteiger partial charge in [0, 0.05) is 37.1 Å². The summed E-state index contributed by atoms with van der Waals surface area (Å²) >= 11 is 0.928. The third-order valence-corrected chi connectivity index (χ3v) is 13.8. The second kappa shape index (κ2) is 27.2. The van der Waals surface area contributed by atoms with Crippen molar-refractivity contribution in [3.05, 3.63) is 24.8 Å². The van der Waals surface area contributed by atoms with Gasteiger partial charge in [0.25, 0.3) is 0 Å². The van der Waals surface area contributed by atoms with Gasteiger partial charge in [-0.3, -0.25) is 37.3 Å². The first-order chi connectivity index (χ1) is 30.9. The standard InChI is InChI=1S/C37H62N7O18P3S/c1-4-5-6-7-8-9-10-11-12-13-14-15-25(45)20-28(47)66-19-18-39-27(46)16-17-40-35(50)32(49)37(2,3)22-59-65(56,57)62-64(54,55)58-21-26-31(61-63(51,52)53)30(48)36(60-26)44-24-43-29-33(38)41-23-42-34(29)44/h9-10,23-24,26,30-32,36,48-49H,4-8,11-22H2,1-3H3,(H,39,46)(H,40,50)(H,54,55)(H,56,57)(H2,38,41,42)(H2,51,52,53)/b10-9-/t26-,30-,31-,32+,36-/m1/s1. The zero-order valence-electron chi connectivity index (χ0n) is 36.9. The summed E-state index contributed by atoms with van der Waals surface area (Å²) in [6.45, 7) is 2.51. The molecular formula is C37H62N7O18P3S. The van der Waals surface area contributed by atoms with Crippen molar-refractivity contribution in [2.24, 2.45) is 5.41 Å².